The van der Waals surface area contributed by atoms with E-state index in [4.69, 9.17) is 76.6 Å². The van der Waals surface area contributed by atoms with Crippen molar-refractivity contribution in [3.63, 3.8) is 0 Å². The van der Waals surface area contributed by atoms with Crippen LogP contribution in [0.3, 0.4) is 0 Å². The van der Waals surface area contributed by atoms with E-state index in [-0.39, 0.29) is 40.5 Å². The zero-order chi connectivity index (χ0) is 42.6. The molecule has 0 aromatic heterocycles. The monoisotopic (exact) mass is 826 g/mol. The molecule has 0 heterocycles. The number of carboxylic acid groups (broad SMARTS) is 12. The summed E-state index contributed by atoms with van der Waals surface area (Å²) in [5.41, 5.74) is -11.0. The molecule has 1 unspecified atom stereocenters. The number of carbonyl (C=O) groups is 12. The topological polar surface area (TPSA) is 594 Å². The SMILES string of the molecule is O.O.O=C(O)CC(O)(CC(=O)O)C(=O)O.O=C(O)CC(O)(CC(=O)O)C(=O)O.O=C(O)CC(O)(CC(=O)O)C(=O)O.O=C([O-])CC(O)(CC(=O)O)C(=O)O.[Na+]. The number of carbonyl (C=O) groups excluding carboxylic acids is 1. The quantitative estimate of drug-likeness (QED) is 0.0507. The van der Waals surface area contributed by atoms with Gasteiger partial charge in [0.15, 0.2) is 22.4 Å². The Morgan fingerprint density at radius 1 is 0.309 bits per heavy atom. The Hall–Kier alpha value is -5.60. The summed E-state index contributed by atoms with van der Waals surface area (Å²) < 4.78 is 0. The zero-order valence-electron chi connectivity index (χ0n) is 27.7. The van der Waals surface area contributed by atoms with Gasteiger partial charge < -0.3 is 97.5 Å². The van der Waals surface area contributed by atoms with Gasteiger partial charge in [-0.2, -0.15) is 0 Å². The van der Waals surface area contributed by atoms with Crippen molar-refractivity contribution in [2.24, 2.45) is 0 Å². The van der Waals surface area contributed by atoms with Crippen LogP contribution in [0.1, 0.15) is 51.4 Å². The van der Waals surface area contributed by atoms with Gasteiger partial charge in [0.05, 0.1) is 44.9 Å². The van der Waals surface area contributed by atoms with Gasteiger partial charge in [0.25, 0.3) is 0 Å². The summed E-state index contributed by atoms with van der Waals surface area (Å²) in [7, 11) is 0. The second-order valence-electron chi connectivity index (χ2n) is 9.89. The van der Waals surface area contributed by atoms with Crippen molar-refractivity contribution in [3.05, 3.63) is 0 Å². The molecule has 0 aliphatic carbocycles. The van der Waals surface area contributed by atoms with E-state index in [0.29, 0.717) is 0 Å². The van der Waals surface area contributed by atoms with Gasteiger partial charge in [0.2, 0.25) is 0 Å². The molecular weight excluding hydrogens is 791 g/mol. The van der Waals surface area contributed by atoms with Crippen LogP contribution >= 0.6 is 0 Å². The van der Waals surface area contributed by atoms with Crippen molar-refractivity contribution in [2.75, 3.05) is 0 Å². The number of hydrogen-bond acceptors (Lipinski definition) is 17. The normalized spacial score (nSPS) is 11.1. The predicted molar refractivity (Wildman–Crippen MR) is 153 cm³/mol. The van der Waals surface area contributed by atoms with Crippen molar-refractivity contribution in [1.82, 2.24) is 0 Å². The Bertz CT molecular complexity index is 1130. The number of aliphatic hydroxyl groups is 4. The fourth-order valence-corrected chi connectivity index (χ4v) is 2.84. The minimum absolute atomic E-state index is 0. The zero-order valence-corrected chi connectivity index (χ0v) is 29.7. The molecule has 0 amide bonds. The first-order chi connectivity index (χ1) is 23.1. The first-order valence-electron chi connectivity index (χ1n) is 12.7. The first kappa shape index (κ1) is 64.4. The molecular formula is C24H35NaO30. The maximum absolute atomic E-state index is 10.3. The molecule has 0 aliphatic heterocycles. The molecule has 30 nitrogen and oxygen atoms in total. The van der Waals surface area contributed by atoms with Crippen LogP contribution in [0, 0.1) is 0 Å². The summed E-state index contributed by atoms with van der Waals surface area (Å²) in [6.07, 6.45) is -9.30. The molecule has 31 heteroatoms. The molecule has 0 bridgehead atoms. The van der Waals surface area contributed by atoms with Crippen molar-refractivity contribution in [2.45, 2.75) is 73.8 Å². The Kier molecular flexibility index (Phi) is 32.7. The van der Waals surface area contributed by atoms with Crippen LogP contribution < -0.4 is 34.7 Å². The molecule has 0 spiro atoms. The minimum atomic E-state index is -2.80. The maximum atomic E-state index is 10.3. The number of hydrogen-bond donors (Lipinski definition) is 15. The molecule has 0 saturated heterocycles. The standard InChI is InChI=1S/4C6H8O7.Na.2H2O/c4*7-3(8)1-6(13,5(11)12)2-4(9)10;;;/h4*13H,1-2H2,(H,7,8)(H,9,10)(H,11,12);;2*1H2/q;;;;+1;;/p-1. The van der Waals surface area contributed by atoms with Gasteiger partial charge in [-0.05, 0) is 0 Å². The second-order valence-corrected chi connectivity index (χ2v) is 9.89. The van der Waals surface area contributed by atoms with Crippen LogP contribution in [0.2, 0.25) is 0 Å². The van der Waals surface area contributed by atoms with E-state index < -0.39 is 145 Å². The van der Waals surface area contributed by atoms with Gasteiger partial charge in [-0.1, -0.05) is 0 Å². The number of aliphatic carboxylic acids is 12. The summed E-state index contributed by atoms with van der Waals surface area (Å²) in [6.45, 7) is 0. The molecule has 55 heavy (non-hydrogen) atoms. The van der Waals surface area contributed by atoms with E-state index in [0.717, 1.165) is 0 Å². The Morgan fingerprint density at radius 2 is 0.418 bits per heavy atom. The van der Waals surface area contributed by atoms with E-state index in [2.05, 4.69) is 0 Å². The van der Waals surface area contributed by atoms with Crippen LogP contribution in [0.5, 0.6) is 0 Å². The third-order valence-electron chi connectivity index (χ3n) is 5.13. The van der Waals surface area contributed by atoms with Gasteiger partial charge in [-0.15, -0.1) is 0 Å². The van der Waals surface area contributed by atoms with Gasteiger partial charge in [-0.25, -0.2) is 19.2 Å². The van der Waals surface area contributed by atoms with Crippen molar-refractivity contribution >= 4 is 71.6 Å². The largest absolute Gasteiger partial charge is 1.00 e. The van der Waals surface area contributed by atoms with Crippen LogP contribution in [0.15, 0.2) is 0 Å². The van der Waals surface area contributed by atoms with E-state index in [1.807, 2.05) is 0 Å². The van der Waals surface area contributed by atoms with Crippen LogP contribution in [-0.4, -0.2) is 182 Å². The number of carboxylic acids is 12. The average Bonchev–Trinajstić information content (AvgIpc) is 2.85. The summed E-state index contributed by atoms with van der Waals surface area (Å²) in [6, 6.07) is 0. The number of rotatable bonds is 20. The smallest absolute Gasteiger partial charge is 0.550 e. The van der Waals surface area contributed by atoms with Crippen LogP contribution in [0.4, 0.5) is 0 Å². The predicted octanol–water partition coefficient (Wildman–Crippen LogP) is -11.0. The molecule has 0 saturated carbocycles. The molecule has 0 aromatic rings. The molecule has 0 fully saturated rings. The van der Waals surface area contributed by atoms with Gasteiger partial charge in [0, 0.05) is 12.4 Å². The summed E-state index contributed by atoms with van der Waals surface area (Å²) in [5.74, 6) is -20.4. The summed E-state index contributed by atoms with van der Waals surface area (Å²) in [5, 5.41) is 137. The van der Waals surface area contributed by atoms with E-state index in [1.54, 1.807) is 0 Å². The van der Waals surface area contributed by atoms with E-state index >= 15 is 0 Å². The molecule has 0 aromatic carbocycles. The van der Waals surface area contributed by atoms with Crippen molar-refractivity contribution in [1.29, 1.82) is 0 Å². The molecule has 312 valence electrons. The summed E-state index contributed by atoms with van der Waals surface area (Å²) in [4.78, 5) is 122. The van der Waals surface area contributed by atoms with Crippen LogP contribution in [-0.2, 0) is 57.5 Å². The second kappa shape index (κ2) is 27.9. The van der Waals surface area contributed by atoms with Gasteiger partial charge in [-0.3, -0.25) is 33.6 Å². The van der Waals surface area contributed by atoms with E-state index in [9.17, 15) is 62.6 Å². The van der Waals surface area contributed by atoms with Crippen molar-refractivity contribution < 1.29 is 180 Å². The van der Waals surface area contributed by atoms with E-state index in [1.165, 1.54) is 0 Å². The Balaban J connectivity index is -0.000000110. The van der Waals surface area contributed by atoms with Crippen molar-refractivity contribution in [3.8, 4) is 0 Å². The third kappa shape index (κ3) is 30.6. The Morgan fingerprint density at radius 3 is 0.491 bits per heavy atom. The Labute approximate surface area is 324 Å². The minimum Gasteiger partial charge on any atom is -0.550 e. The third-order valence-corrected chi connectivity index (χ3v) is 5.13. The fourth-order valence-electron chi connectivity index (χ4n) is 2.84. The van der Waals surface area contributed by atoms with Crippen LogP contribution in [0.25, 0.3) is 0 Å². The molecule has 0 radical (unpaired) electrons. The molecule has 0 aliphatic rings. The summed E-state index contributed by atoms with van der Waals surface area (Å²) >= 11 is 0. The first-order valence-corrected chi connectivity index (χ1v) is 12.7. The molecule has 1 atom stereocenters. The maximum Gasteiger partial charge on any atom is 1.00 e. The average molecular weight is 827 g/mol. The van der Waals surface area contributed by atoms with Gasteiger partial charge in [0.1, 0.15) is 0 Å². The molecule has 0 rings (SSSR count). The van der Waals surface area contributed by atoms with Gasteiger partial charge >= 0.3 is 95.2 Å². The fraction of sp³-hybridized carbons (Fsp3) is 0.500. The molecule has 19 N–H and O–H groups in total.